The van der Waals surface area contributed by atoms with Crippen LogP contribution in [0.4, 0.5) is 11.4 Å². The van der Waals surface area contributed by atoms with Crippen LogP contribution in [0.3, 0.4) is 0 Å². The highest BCUT2D eigenvalue weighted by Crippen LogP contribution is 2.38. The van der Waals surface area contributed by atoms with E-state index in [0.717, 1.165) is 27.6 Å². The van der Waals surface area contributed by atoms with Gasteiger partial charge in [-0.1, -0.05) is 41.9 Å². The number of pyridine rings is 2. The molecule has 7 nitrogen and oxygen atoms in total. The monoisotopic (exact) mass is 489 g/mol. The number of anilines is 2. The van der Waals surface area contributed by atoms with Crippen molar-refractivity contribution in [2.45, 2.75) is 18.6 Å². The summed E-state index contributed by atoms with van der Waals surface area (Å²) in [5.74, 6) is 0. The molecular formula is C25H20ClN5O2S. The van der Waals surface area contributed by atoms with Gasteiger partial charge in [0.05, 0.1) is 34.6 Å². The Bertz CT molecular complexity index is 1490. The van der Waals surface area contributed by atoms with Gasteiger partial charge in [-0.25, -0.2) is 9.19 Å². The third-order valence-electron chi connectivity index (χ3n) is 5.92. The first-order chi connectivity index (χ1) is 16.4. The van der Waals surface area contributed by atoms with E-state index in [9.17, 15) is 14.6 Å². The first kappa shape index (κ1) is 22.3. The average molecular weight is 490 g/mol. The van der Waals surface area contributed by atoms with Crippen LogP contribution in [-0.2, 0) is 17.4 Å². The van der Waals surface area contributed by atoms with E-state index >= 15 is 0 Å². The Hall–Kier alpha value is -3.51. The molecule has 170 valence electrons. The molecule has 1 aliphatic carbocycles. The topological polar surface area (TPSA) is 111 Å². The fourth-order valence-corrected chi connectivity index (χ4v) is 5.02. The SMILES string of the molecule is CS(=O)Nc1cc(-c2ccc3ncc(C#N)c(NC4c5ccccc5CC4O)c3c2)cnc1Cl. The normalized spacial score (nSPS) is 17.7. The predicted octanol–water partition coefficient (Wildman–Crippen LogP) is 4.60. The van der Waals surface area contributed by atoms with Gasteiger partial charge in [0.15, 0.2) is 5.15 Å². The number of aliphatic hydroxyl groups is 1. The molecule has 3 atom stereocenters. The molecule has 0 spiro atoms. The van der Waals surface area contributed by atoms with Gasteiger partial charge in [0.2, 0.25) is 0 Å². The average Bonchev–Trinajstić information content (AvgIpc) is 3.15. The molecule has 0 saturated carbocycles. The van der Waals surface area contributed by atoms with Crippen LogP contribution >= 0.6 is 11.6 Å². The first-order valence-electron chi connectivity index (χ1n) is 10.6. The standard InChI is InChI=1S/C25H20ClN5O2S/c1-34(33)31-21-9-16(12-29-25(21)26)14-6-7-20-19(8-14)23(17(11-27)13-28-20)30-24-18-5-3-2-4-15(18)10-22(24)32/h2-9,12-13,22,24,31-32H,10H2,1H3,(H,28,30). The summed E-state index contributed by atoms with van der Waals surface area (Å²) in [6, 6.07) is 17.3. The van der Waals surface area contributed by atoms with Crippen LogP contribution in [0.5, 0.6) is 0 Å². The molecule has 0 aliphatic heterocycles. The fraction of sp³-hybridized carbons (Fsp3) is 0.160. The van der Waals surface area contributed by atoms with Crippen molar-refractivity contribution >= 4 is 44.9 Å². The van der Waals surface area contributed by atoms with Crippen molar-refractivity contribution < 1.29 is 9.32 Å². The fourth-order valence-electron chi connectivity index (χ4n) is 4.35. The van der Waals surface area contributed by atoms with Crippen LogP contribution in [0.15, 0.2) is 60.9 Å². The lowest BCUT2D eigenvalue weighted by Crippen LogP contribution is -2.21. The summed E-state index contributed by atoms with van der Waals surface area (Å²) in [4.78, 5) is 8.66. The Morgan fingerprint density at radius 2 is 1.97 bits per heavy atom. The summed E-state index contributed by atoms with van der Waals surface area (Å²) in [6.07, 6.45) is 4.63. The van der Waals surface area contributed by atoms with E-state index in [1.807, 2.05) is 42.5 Å². The molecule has 2 heterocycles. The minimum atomic E-state index is -1.30. The van der Waals surface area contributed by atoms with Gasteiger partial charge in [0, 0.05) is 36.0 Å². The zero-order chi connectivity index (χ0) is 23.8. The van der Waals surface area contributed by atoms with Crippen LogP contribution in [-0.4, -0.2) is 31.6 Å². The van der Waals surface area contributed by atoms with Gasteiger partial charge in [-0.15, -0.1) is 0 Å². The Labute approximate surface area is 204 Å². The lowest BCUT2D eigenvalue weighted by molar-refractivity contribution is 0.166. The van der Waals surface area contributed by atoms with Crippen molar-refractivity contribution in [3.63, 3.8) is 0 Å². The van der Waals surface area contributed by atoms with Crippen LogP contribution in [0.2, 0.25) is 5.15 Å². The number of aliphatic hydroxyl groups excluding tert-OH is 1. The summed E-state index contributed by atoms with van der Waals surface area (Å²) in [5.41, 5.74) is 5.88. The van der Waals surface area contributed by atoms with E-state index in [1.165, 1.54) is 6.26 Å². The predicted molar refractivity (Wildman–Crippen MR) is 135 cm³/mol. The van der Waals surface area contributed by atoms with E-state index in [2.05, 4.69) is 26.1 Å². The van der Waals surface area contributed by atoms with Gasteiger partial charge < -0.3 is 15.1 Å². The second-order valence-electron chi connectivity index (χ2n) is 8.10. The van der Waals surface area contributed by atoms with E-state index < -0.39 is 17.1 Å². The van der Waals surface area contributed by atoms with Gasteiger partial charge in [-0.3, -0.25) is 4.98 Å². The molecule has 0 fully saturated rings. The summed E-state index contributed by atoms with van der Waals surface area (Å²) in [5, 5.41) is 25.0. The number of benzene rings is 2. The van der Waals surface area contributed by atoms with Gasteiger partial charge in [-0.05, 0) is 34.9 Å². The quantitative estimate of drug-likeness (QED) is 0.353. The van der Waals surface area contributed by atoms with Gasteiger partial charge in [0.25, 0.3) is 0 Å². The molecule has 2 aromatic carbocycles. The number of rotatable bonds is 5. The Morgan fingerprint density at radius 1 is 1.15 bits per heavy atom. The maximum absolute atomic E-state index is 11.6. The molecule has 0 amide bonds. The maximum atomic E-state index is 11.6. The molecule has 1 aliphatic rings. The van der Waals surface area contributed by atoms with Crippen molar-refractivity contribution in [3.05, 3.63) is 82.8 Å². The molecule has 5 rings (SSSR count). The van der Waals surface area contributed by atoms with Crippen LogP contribution < -0.4 is 10.0 Å². The largest absolute Gasteiger partial charge is 0.390 e. The third kappa shape index (κ3) is 4.10. The van der Waals surface area contributed by atoms with Crippen molar-refractivity contribution in [1.29, 1.82) is 5.26 Å². The molecule has 2 aromatic heterocycles. The number of nitrogens with one attached hydrogen (secondary N) is 2. The van der Waals surface area contributed by atoms with Crippen LogP contribution in [0.1, 0.15) is 22.7 Å². The van der Waals surface area contributed by atoms with Crippen LogP contribution in [0, 0.1) is 11.3 Å². The molecule has 0 radical (unpaired) electrons. The highest BCUT2D eigenvalue weighted by molar-refractivity contribution is 7.85. The zero-order valence-corrected chi connectivity index (χ0v) is 19.7. The highest BCUT2D eigenvalue weighted by atomic mass is 35.5. The van der Waals surface area contributed by atoms with E-state index in [4.69, 9.17) is 11.6 Å². The molecule has 9 heteroatoms. The van der Waals surface area contributed by atoms with Crippen LogP contribution in [0.25, 0.3) is 22.0 Å². The van der Waals surface area contributed by atoms with Gasteiger partial charge in [0.1, 0.15) is 17.1 Å². The number of fused-ring (bicyclic) bond motifs is 2. The summed E-state index contributed by atoms with van der Waals surface area (Å²) in [6.45, 7) is 0. The maximum Gasteiger partial charge on any atom is 0.153 e. The summed E-state index contributed by atoms with van der Waals surface area (Å²) < 4.78 is 14.4. The number of nitrogens with zero attached hydrogens (tertiary/aromatic N) is 3. The van der Waals surface area contributed by atoms with Gasteiger partial charge in [-0.2, -0.15) is 5.26 Å². The van der Waals surface area contributed by atoms with E-state index in [1.54, 1.807) is 18.5 Å². The van der Waals surface area contributed by atoms with Crippen molar-refractivity contribution in [3.8, 4) is 17.2 Å². The van der Waals surface area contributed by atoms with E-state index in [0.29, 0.717) is 28.9 Å². The second kappa shape index (κ2) is 9.03. The summed E-state index contributed by atoms with van der Waals surface area (Å²) >= 11 is 6.15. The smallest absolute Gasteiger partial charge is 0.153 e. The Balaban J connectivity index is 1.61. The molecule has 34 heavy (non-hydrogen) atoms. The molecule has 0 bridgehead atoms. The van der Waals surface area contributed by atoms with E-state index in [-0.39, 0.29) is 11.2 Å². The number of halogens is 1. The molecular weight excluding hydrogens is 470 g/mol. The number of aromatic nitrogens is 2. The van der Waals surface area contributed by atoms with Crippen molar-refractivity contribution in [2.75, 3.05) is 16.3 Å². The molecule has 3 unspecified atom stereocenters. The number of nitriles is 1. The second-order valence-corrected chi connectivity index (χ2v) is 9.57. The highest BCUT2D eigenvalue weighted by Gasteiger charge is 2.31. The lowest BCUT2D eigenvalue weighted by atomic mass is 10.0. The first-order valence-corrected chi connectivity index (χ1v) is 12.5. The van der Waals surface area contributed by atoms with Gasteiger partial charge >= 0.3 is 0 Å². The molecule has 3 N–H and O–H groups in total. The van der Waals surface area contributed by atoms with Crippen molar-refractivity contribution in [2.24, 2.45) is 0 Å². The third-order valence-corrected chi connectivity index (χ3v) is 6.73. The Morgan fingerprint density at radius 3 is 2.76 bits per heavy atom. The zero-order valence-electron chi connectivity index (χ0n) is 18.1. The number of hydrogen-bond donors (Lipinski definition) is 3. The molecule has 4 aromatic rings. The number of hydrogen-bond acceptors (Lipinski definition) is 6. The van der Waals surface area contributed by atoms with Crippen molar-refractivity contribution in [1.82, 2.24) is 9.97 Å². The minimum Gasteiger partial charge on any atom is -0.390 e. The Kier molecular flexibility index (Phi) is 5.92. The lowest BCUT2D eigenvalue weighted by Gasteiger charge is -2.21. The summed E-state index contributed by atoms with van der Waals surface area (Å²) in [7, 11) is -1.30. The minimum absolute atomic E-state index is 0.226. The molecule has 0 saturated heterocycles.